The van der Waals surface area contributed by atoms with Crippen LogP contribution in [0.25, 0.3) is 10.8 Å². The minimum Gasteiger partial charge on any atom is -0.478 e. The molecule has 2 N–H and O–H groups in total. The van der Waals surface area contributed by atoms with Crippen LogP contribution in [0.1, 0.15) is 31.1 Å². The SMILES string of the molecule is O=Cc1c(C(=O)O)ccc2c(C(=O)O)cccc12. The van der Waals surface area contributed by atoms with Gasteiger partial charge >= 0.3 is 11.9 Å². The maximum Gasteiger partial charge on any atom is 0.336 e. The molecule has 0 saturated carbocycles. The van der Waals surface area contributed by atoms with Crippen LogP contribution in [0.2, 0.25) is 0 Å². The molecule has 0 bridgehead atoms. The van der Waals surface area contributed by atoms with E-state index in [2.05, 4.69) is 0 Å². The Balaban J connectivity index is 2.91. The van der Waals surface area contributed by atoms with Gasteiger partial charge in [0.25, 0.3) is 0 Å². The highest BCUT2D eigenvalue weighted by Gasteiger charge is 2.16. The third kappa shape index (κ3) is 1.71. The predicted molar refractivity (Wildman–Crippen MR) is 63.3 cm³/mol. The number of hydrogen-bond donors (Lipinski definition) is 2. The molecular formula is C13H8O5. The van der Waals surface area contributed by atoms with E-state index in [1.807, 2.05) is 0 Å². The van der Waals surface area contributed by atoms with E-state index in [0.717, 1.165) is 0 Å². The van der Waals surface area contributed by atoms with Crippen LogP contribution in [0, 0.1) is 0 Å². The number of carboxylic acids is 2. The number of hydrogen-bond acceptors (Lipinski definition) is 3. The quantitative estimate of drug-likeness (QED) is 0.806. The lowest BCUT2D eigenvalue weighted by molar-refractivity contribution is 0.0687. The summed E-state index contributed by atoms with van der Waals surface area (Å²) in [4.78, 5) is 33.0. The lowest BCUT2D eigenvalue weighted by atomic mass is 9.96. The van der Waals surface area contributed by atoms with Crippen molar-refractivity contribution in [3.8, 4) is 0 Å². The van der Waals surface area contributed by atoms with Crippen LogP contribution < -0.4 is 0 Å². The molecule has 0 aromatic heterocycles. The molecule has 0 atom stereocenters. The Kier molecular flexibility index (Phi) is 2.81. The van der Waals surface area contributed by atoms with E-state index in [-0.39, 0.29) is 16.7 Å². The minimum atomic E-state index is -1.22. The van der Waals surface area contributed by atoms with Crippen molar-refractivity contribution in [2.75, 3.05) is 0 Å². The average molecular weight is 244 g/mol. The fourth-order valence-corrected chi connectivity index (χ4v) is 1.88. The smallest absolute Gasteiger partial charge is 0.336 e. The summed E-state index contributed by atoms with van der Waals surface area (Å²) in [6.07, 6.45) is 0.428. The first-order chi connectivity index (χ1) is 8.56. The summed E-state index contributed by atoms with van der Waals surface area (Å²) in [5.41, 5.74) is -0.115. The Morgan fingerprint density at radius 1 is 0.889 bits per heavy atom. The third-order valence-electron chi connectivity index (χ3n) is 2.68. The molecule has 0 unspecified atom stereocenters. The van der Waals surface area contributed by atoms with E-state index in [1.165, 1.54) is 30.3 Å². The largest absolute Gasteiger partial charge is 0.478 e. The second kappa shape index (κ2) is 4.29. The van der Waals surface area contributed by atoms with E-state index in [4.69, 9.17) is 10.2 Å². The summed E-state index contributed by atoms with van der Waals surface area (Å²) in [6.45, 7) is 0. The van der Waals surface area contributed by atoms with E-state index in [1.54, 1.807) is 0 Å². The molecule has 5 heteroatoms. The Hall–Kier alpha value is -2.69. The molecule has 0 heterocycles. The van der Waals surface area contributed by atoms with Gasteiger partial charge in [-0.3, -0.25) is 4.79 Å². The number of carboxylic acid groups (broad SMARTS) is 2. The van der Waals surface area contributed by atoms with Gasteiger partial charge in [-0.15, -0.1) is 0 Å². The monoisotopic (exact) mass is 244 g/mol. The summed E-state index contributed by atoms with van der Waals surface area (Å²) in [5.74, 6) is -2.35. The Morgan fingerprint density at radius 3 is 2.11 bits per heavy atom. The summed E-state index contributed by atoms with van der Waals surface area (Å²) in [7, 11) is 0. The zero-order valence-electron chi connectivity index (χ0n) is 9.08. The third-order valence-corrected chi connectivity index (χ3v) is 2.68. The molecule has 18 heavy (non-hydrogen) atoms. The van der Waals surface area contributed by atoms with E-state index in [0.29, 0.717) is 17.1 Å². The standard InChI is InChI=1S/C13H8O5/c14-6-11-7-2-1-3-9(12(15)16)8(7)4-5-10(11)13(17)18/h1-6H,(H,15,16)(H,17,18). The van der Waals surface area contributed by atoms with Gasteiger partial charge in [0.1, 0.15) is 0 Å². The van der Waals surface area contributed by atoms with Crippen molar-refractivity contribution >= 4 is 29.0 Å². The Bertz CT molecular complexity index is 672. The molecule has 2 rings (SSSR count). The molecule has 0 spiro atoms. The van der Waals surface area contributed by atoms with Gasteiger partial charge in [0.15, 0.2) is 6.29 Å². The maximum atomic E-state index is 11.0. The number of benzene rings is 2. The van der Waals surface area contributed by atoms with Crippen LogP contribution in [-0.4, -0.2) is 28.4 Å². The number of fused-ring (bicyclic) bond motifs is 1. The van der Waals surface area contributed by atoms with Gasteiger partial charge < -0.3 is 10.2 Å². The van der Waals surface area contributed by atoms with Crippen LogP contribution in [0.3, 0.4) is 0 Å². The van der Waals surface area contributed by atoms with Crippen LogP contribution in [0.15, 0.2) is 30.3 Å². The van der Waals surface area contributed by atoms with Crippen LogP contribution >= 0.6 is 0 Å². The second-order valence-corrected chi connectivity index (χ2v) is 3.66. The molecule has 0 radical (unpaired) electrons. The summed E-state index contributed by atoms with van der Waals surface area (Å²) < 4.78 is 0. The van der Waals surface area contributed by atoms with Gasteiger partial charge in [-0.25, -0.2) is 9.59 Å². The number of carbonyl (C=O) groups is 3. The van der Waals surface area contributed by atoms with Crippen molar-refractivity contribution in [1.82, 2.24) is 0 Å². The van der Waals surface area contributed by atoms with Crippen molar-refractivity contribution in [1.29, 1.82) is 0 Å². The molecule has 0 saturated heterocycles. The number of aromatic carboxylic acids is 2. The second-order valence-electron chi connectivity index (χ2n) is 3.66. The molecule has 0 aliphatic rings. The van der Waals surface area contributed by atoms with Crippen molar-refractivity contribution < 1.29 is 24.6 Å². The fraction of sp³-hybridized carbons (Fsp3) is 0. The first-order valence-corrected chi connectivity index (χ1v) is 5.03. The van der Waals surface area contributed by atoms with Gasteiger partial charge in [-0.1, -0.05) is 18.2 Å². The van der Waals surface area contributed by atoms with Crippen LogP contribution in [0.4, 0.5) is 0 Å². The number of aldehydes is 1. The van der Waals surface area contributed by atoms with Crippen LogP contribution in [-0.2, 0) is 0 Å². The van der Waals surface area contributed by atoms with E-state index < -0.39 is 11.9 Å². The molecular weight excluding hydrogens is 236 g/mol. The molecule has 2 aromatic rings. The van der Waals surface area contributed by atoms with Gasteiger partial charge in [-0.05, 0) is 22.9 Å². The molecule has 0 aliphatic carbocycles. The zero-order chi connectivity index (χ0) is 13.3. The van der Waals surface area contributed by atoms with Gasteiger partial charge in [-0.2, -0.15) is 0 Å². The maximum absolute atomic E-state index is 11.0. The molecule has 2 aromatic carbocycles. The first kappa shape index (κ1) is 11.8. The van der Waals surface area contributed by atoms with Gasteiger partial charge in [0, 0.05) is 5.56 Å². The van der Waals surface area contributed by atoms with Crippen molar-refractivity contribution in [2.24, 2.45) is 0 Å². The molecule has 90 valence electrons. The normalized spacial score (nSPS) is 10.2. The van der Waals surface area contributed by atoms with E-state index >= 15 is 0 Å². The fourth-order valence-electron chi connectivity index (χ4n) is 1.88. The minimum absolute atomic E-state index is 0.0110. The predicted octanol–water partition coefficient (Wildman–Crippen LogP) is 2.05. The zero-order valence-corrected chi connectivity index (χ0v) is 9.08. The molecule has 0 amide bonds. The van der Waals surface area contributed by atoms with Crippen molar-refractivity contribution in [2.45, 2.75) is 0 Å². The van der Waals surface area contributed by atoms with E-state index in [9.17, 15) is 14.4 Å². The highest BCUT2D eigenvalue weighted by atomic mass is 16.4. The lowest BCUT2D eigenvalue weighted by Crippen LogP contribution is -2.04. The number of rotatable bonds is 3. The number of carbonyl (C=O) groups excluding carboxylic acids is 1. The van der Waals surface area contributed by atoms with Gasteiger partial charge in [0.2, 0.25) is 0 Å². The molecule has 5 nitrogen and oxygen atoms in total. The summed E-state index contributed by atoms with van der Waals surface area (Å²) in [6, 6.07) is 7.04. The Labute approximate surface area is 101 Å². The summed E-state index contributed by atoms with van der Waals surface area (Å²) in [5, 5.41) is 18.6. The average Bonchev–Trinajstić information content (AvgIpc) is 2.35. The van der Waals surface area contributed by atoms with Crippen molar-refractivity contribution in [3.05, 3.63) is 47.0 Å². The highest BCUT2D eigenvalue weighted by molar-refractivity contribution is 6.12. The molecule has 0 aliphatic heterocycles. The highest BCUT2D eigenvalue weighted by Crippen LogP contribution is 2.24. The Morgan fingerprint density at radius 2 is 1.56 bits per heavy atom. The first-order valence-electron chi connectivity index (χ1n) is 5.03. The van der Waals surface area contributed by atoms with Crippen LogP contribution in [0.5, 0.6) is 0 Å². The van der Waals surface area contributed by atoms with Gasteiger partial charge in [0.05, 0.1) is 11.1 Å². The topological polar surface area (TPSA) is 91.7 Å². The molecule has 0 fully saturated rings. The lowest BCUT2D eigenvalue weighted by Gasteiger charge is -2.07. The van der Waals surface area contributed by atoms with Crippen molar-refractivity contribution in [3.63, 3.8) is 0 Å². The summed E-state index contributed by atoms with van der Waals surface area (Å²) >= 11 is 0.